The quantitative estimate of drug-likeness (QED) is 0.617. The lowest BCUT2D eigenvalue weighted by Gasteiger charge is -2.26. The van der Waals surface area contributed by atoms with Crippen LogP contribution in [0.15, 0.2) is 36.0 Å². The SMILES string of the molecule is Cc1ncc(C(C)C(=O)N2CCCC2C(=O)NCc2ccc(-c3scnc3C)cc2)[nH]1. The number of rotatable bonds is 6. The van der Waals surface area contributed by atoms with Crippen LogP contribution in [-0.2, 0) is 16.1 Å². The standard InChI is InChI=1S/C23H27N5O2S/c1-14(19-12-24-16(3)27-19)23(30)28-10-4-5-20(28)22(29)25-11-17-6-8-18(9-7-17)21-15(2)26-13-31-21/h6-9,12-14,20H,4-5,10-11H2,1-3H3,(H,24,27)(H,25,29). The van der Waals surface area contributed by atoms with Crippen molar-refractivity contribution in [3.05, 3.63) is 58.7 Å². The first-order valence-corrected chi connectivity index (χ1v) is 11.4. The fraction of sp³-hybridized carbons (Fsp3) is 0.391. The number of aromatic nitrogens is 3. The van der Waals surface area contributed by atoms with E-state index in [9.17, 15) is 9.59 Å². The van der Waals surface area contributed by atoms with Crippen molar-refractivity contribution in [1.29, 1.82) is 0 Å². The molecule has 0 aliphatic carbocycles. The highest BCUT2D eigenvalue weighted by atomic mass is 32.1. The summed E-state index contributed by atoms with van der Waals surface area (Å²) in [6.07, 6.45) is 3.22. The number of thiazole rings is 1. The van der Waals surface area contributed by atoms with E-state index in [2.05, 4.69) is 32.4 Å². The molecule has 2 N–H and O–H groups in total. The van der Waals surface area contributed by atoms with E-state index in [1.165, 1.54) is 0 Å². The van der Waals surface area contributed by atoms with Gasteiger partial charge in [-0.15, -0.1) is 11.3 Å². The minimum absolute atomic E-state index is 0.0365. The van der Waals surface area contributed by atoms with E-state index in [0.29, 0.717) is 19.5 Å². The Morgan fingerprint density at radius 1 is 1.26 bits per heavy atom. The molecular weight excluding hydrogens is 410 g/mol. The smallest absolute Gasteiger partial charge is 0.243 e. The molecule has 0 radical (unpaired) electrons. The molecule has 0 bridgehead atoms. The molecule has 2 aromatic heterocycles. The molecule has 0 spiro atoms. The number of benzene rings is 1. The topological polar surface area (TPSA) is 91.0 Å². The molecule has 4 rings (SSSR count). The maximum atomic E-state index is 13.0. The van der Waals surface area contributed by atoms with Gasteiger partial charge in [0.05, 0.1) is 22.0 Å². The summed E-state index contributed by atoms with van der Waals surface area (Å²) in [5.74, 6) is 0.297. The second kappa shape index (κ2) is 9.01. The zero-order valence-electron chi connectivity index (χ0n) is 18.0. The predicted octanol–water partition coefficient (Wildman–Crippen LogP) is 3.56. The number of carbonyl (C=O) groups excluding carboxylic acids is 2. The number of carbonyl (C=O) groups is 2. The highest BCUT2D eigenvalue weighted by Crippen LogP contribution is 2.27. The Bertz CT molecular complexity index is 1070. The average molecular weight is 438 g/mol. The lowest BCUT2D eigenvalue weighted by molar-refractivity contribution is -0.139. The third-order valence-electron chi connectivity index (χ3n) is 5.83. The van der Waals surface area contributed by atoms with Crippen LogP contribution in [0.25, 0.3) is 10.4 Å². The molecule has 8 heteroatoms. The summed E-state index contributed by atoms with van der Waals surface area (Å²) in [4.78, 5) is 40.4. The van der Waals surface area contributed by atoms with Crippen LogP contribution in [0.4, 0.5) is 0 Å². The molecule has 2 amide bonds. The van der Waals surface area contributed by atoms with E-state index in [1.54, 1.807) is 22.4 Å². The number of imidazole rings is 1. The summed E-state index contributed by atoms with van der Waals surface area (Å²) in [5.41, 5.74) is 5.81. The summed E-state index contributed by atoms with van der Waals surface area (Å²) < 4.78 is 0. The molecule has 0 saturated carbocycles. The van der Waals surface area contributed by atoms with E-state index >= 15 is 0 Å². The van der Waals surface area contributed by atoms with E-state index < -0.39 is 6.04 Å². The predicted molar refractivity (Wildman–Crippen MR) is 121 cm³/mol. The summed E-state index contributed by atoms with van der Waals surface area (Å²) in [5, 5.41) is 3.01. The minimum atomic E-state index is -0.418. The highest BCUT2D eigenvalue weighted by molar-refractivity contribution is 7.13. The van der Waals surface area contributed by atoms with Crippen molar-refractivity contribution in [2.75, 3.05) is 6.54 Å². The van der Waals surface area contributed by atoms with Gasteiger partial charge in [0.25, 0.3) is 0 Å². The Kier molecular flexibility index (Phi) is 6.18. The Morgan fingerprint density at radius 2 is 2.03 bits per heavy atom. The van der Waals surface area contributed by atoms with Gasteiger partial charge in [0.15, 0.2) is 0 Å². The van der Waals surface area contributed by atoms with E-state index in [1.807, 2.05) is 38.4 Å². The van der Waals surface area contributed by atoms with Crippen LogP contribution in [0.3, 0.4) is 0 Å². The van der Waals surface area contributed by atoms with Gasteiger partial charge in [-0.05, 0) is 44.7 Å². The van der Waals surface area contributed by atoms with Gasteiger partial charge in [-0.1, -0.05) is 24.3 Å². The molecule has 31 heavy (non-hydrogen) atoms. The number of nitrogens with one attached hydrogen (secondary N) is 2. The molecular formula is C23H27N5O2S. The number of aromatic amines is 1. The fourth-order valence-electron chi connectivity index (χ4n) is 4.00. The lowest BCUT2D eigenvalue weighted by Crippen LogP contribution is -2.47. The molecule has 1 aliphatic heterocycles. The Hall–Kier alpha value is -3.00. The van der Waals surface area contributed by atoms with Crippen LogP contribution in [-0.4, -0.2) is 44.3 Å². The summed E-state index contributed by atoms with van der Waals surface area (Å²) >= 11 is 1.62. The molecule has 1 aliphatic rings. The highest BCUT2D eigenvalue weighted by Gasteiger charge is 2.36. The van der Waals surface area contributed by atoms with Gasteiger partial charge in [0.2, 0.25) is 11.8 Å². The van der Waals surface area contributed by atoms with Gasteiger partial charge >= 0.3 is 0 Å². The zero-order chi connectivity index (χ0) is 22.0. The van der Waals surface area contributed by atoms with Crippen molar-refractivity contribution >= 4 is 23.2 Å². The van der Waals surface area contributed by atoms with Crippen molar-refractivity contribution in [3.8, 4) is 10.4 Å². The number of hydrogen-bond acceptors (Lipinski definition) is 5. The third kappa shape index (κ3) is 4.54. The number of hydrogen-bond donors (Lipinski definition) is 2. The fourth-order valence-corrected chi connectivity index (χ4v) is 4.82. The number of likely N-dealkylation sites (tertiary alicyclic amines) is 1. The first-order chi connectivity index (χ1) is 14.9. The second-order valence-electron chi connectivity index (χ2n) is 8.02. The van der Waals surface area contributed by atoms with Crippen molar-refractivity contribution in [3.63, 3.8) is 0 Å². The van der Waals surface area contributed by atoms with Gasteiger partial charge in [0, 0.05) is 25.0 Å². The molecule has 1 saturated heterocycles. The average Bonchev–Trinajstić information content (AvgIpc) is 3.52. The number of amides is 2. The van der Waals surface area contributed by atoms with Crippen LogP contribution < -0.4 is 5.32 Å². The largest absolute Gasteiger partial charge is 0.350 e. The molecule has 2 atom stereocenters. The van der Waals surface area contributed by atoms with Crippen LogP contribution in [0.1, 0.15) is 48.5 Å². The van der Waals surface area contributed by atoms with Crippen molar-refractivity contribution in [2.45, 2.75) is 52.1 Å². The molecule has 3 heterocycles. The van der Waals surface area contributed by atoms with E-state index in [0.717, 1.165) is 39.6 Å². The Balaban J connectivity index is 1.36. The van der Waals surface area contributed by atoms with Gasteiger partial charge in [0.1, 0.15) is 11.9 Å². The lowest BCUT2D eigenvalue weighted by atomic mass is 10.1. The van der Waals surface area contributed by atoms with Crippen LogP contribution in [0.2, 0.25) is 0 Å². The minimum Gasteiger partial charge on any atom is -0.350 e. The Morgan fingerprint density at radius 3 is 2.68 bits per heavy atom. The molecule has 1 aromatic carbocycles. The first kappa shape index (κ1) is 21.2. The normalized spacial score (nSPS) is 17.0. The van der Waals surface area contributed by atoms with Gasteiger partial charge in [-0.3, -0.25) is 9.59 Å². The van der Waals surface area contributed by atoms with Crippen molar-refractivity contribution in [1.82, 2.24) is 25.2 Å². The van der Waals surface area contributed by atoms with Crippen LogP contribution >= 0.6 is 11.3 Å². The molecule has 162 valence electrons. The second-order valence-corrected chi connectivity index (χ2v) is 8.87. The van der Waals surface area contributed by atoms with Crippen LogP contribution in [0.5, 0.6) is 0 Å². The number of H-pyrrole nitrogens is 1. The van der Waals surface area contributed by atoms with Gasteiger partial charge in [-0.25, -0.2) is 9.97 Å². The van der Waals surface area contributed by atoms with Gasteiger partial charge in [-0.2, -0.15) is 0 Å². The zero-order valence-corrected chi connectivity index (χ0v) is 18.8. The van der Waals surface area contributed by atoms with E-state index in [-0.39, 0.29) is 17.7 Å². The summed E-state index contributed by atoms with van der Waals surface area (Å²) in [7, 11) is 0. The molecule has 2 unspecified atom stereocenters. The summed E-state index contributed by atoms with van der Waals surface area (Å²) in [6, 6.07) is 7.74. The summed E-state index contributed by atoms with van der Waals surface area (Å²) in [6.45, 7) is 6.77. The van der Waals surface area contributed by atoms with Gasteiger partial charge < -0.3 is 15.2 Å². The van der Waals surface area contributed by atoms with Crippen molar-refractivity contribution in [2.24, 2.45) is 0 Å². The monoisotopic (exact) mass is 437 g/mol. The van der Waals surface area contributed by atoms with Crippen LogP contribution in [0, 0.1) is 13.8 Å². The third-order valence-corrected chi connectivity index (χ3v) is 6.80. The Labute approximate surface area is 185 Å². The maximum Gasteiger partial charge on any atom is 0.243 e. The maximum absolute atomic E-state index is 13.0. The van der Waals surface area contributed by atoms with Crippen molar-refractivity contribution < 1.29 is 9.59 Å². The molecule has 3 aromatic rings. The number of nitrogens with zero attached hydrogens (tertiary/aromatic N) is 3. The van der Waals surface area contributed by atoms with E-state index in [4.69, 9.17) is 0 Å². The molecule has 1 fully saturated rings. The number of aryl methyl sites for hydroxylation is 2. The molecule has 7 nitrogen and oxygen atoms in total. The first-order valence-electron chi connectivity index (χ1n) is 10.5.